The first-order valence-corrected chi connectivity index (χ1v) is 10.2. The molecule has 0 spiro atoms. The lowest BCUT2D eigenvalue weighted by atomic mass is 10.1. The predicted octanol–water partition coefficient (Wildman–Crippen LogP) is 4.13. The van der Waals surface area contributed by atoms with Gasteiger partial charge in [0.15, 0.2) is 0 Å². The van der Waals surface area contributed by atoms with E-state index in [1.807, 2.05) is 65.5 Å². The molecule has 3 heterocycles. The number of hydrogen-bond donors (Lipinski definition) is 2. The van der Waals surface area contributed by atoms with E-state index in [0.717, 1.165) is 22.5 Å². The van der Waals surface area contributed by atoms with Crippen molar-refractivity contribution in [2.24, 2.45) is 0 Å². The molecular formula is C22H20N4O2S. The molecule has 0 aliphatic carbocycles. The molecule has 3 aromatic heterocycles. The number of rotatable bonds is 6. The molecule has 2 N–H and O–H groups in total. The maximum Gasteiger partial charge on any atom is 0.252 e. The van der Waals surface area contributed by atoms with Crippen LogP contribution in [0, 0.1) is 6.92 Å². The third-order valence-corrected chi connectivity index (χ3v) is 5.25. The molecule has 1 aromatic carbocycles. The van der Waals surface area contributed by atoms with Crippen molar-refractivity contribution in [2.75, 3.05) is 11.9 Å². The number of hydrogen-bond acceptors (Lipinski definition) is 4. The molecule has 4 rings (SSSR count). The van der Waals surface area contributed by atoms with Crippen LogP contribution in [0.25, 0.3) is 16.9 Å². The van der Waals surface area contributed by atoms with Gasteiger partial charge in [-0.3, -0.25) is 9.59 Å². The first kappa shape index (κ1) is 18.9. The molecule has 0 fully saturated rings. The predicted molar refractivity (Wildman–Crippen MR) is 115 cm³/mol. The minimum Gasteiger partial charge on any atom is -0.351 e. The fraction of sp³-hybridized carbons (Fsp3) is 0.136. The second-order valence-corrected chi connectivity index (χ2v) is 7.47. The van der Waals surface area contributed by atoms with Crippen molar-refractivity contribution in [1.29, 1.82) is 0 Å². The lowest BCUT2D eigenvalue weighted by Gasteiger charge is -2.07. The van der Waals surface area contributed by atoms with E-state index in [-0.39, 0.29) is 18.2 Å². The summed E-state index contributed by atoms with van der Waals surface area (Å²) in [5, 5.41) is 9.22. The quantitative estimate of drug-likeness (QED) is 0.507. The Kier molecular flexibility index (Phi) is 5.39. The molecule has 0 aliphatic heterocycles. The molecular weight excluding hydrogens is 384 g/mol. The van der Waals surface area contributed by atoms with Gasteiger partial charge in [-0.1, -0.05) is 18.2 Å². The van der Waals surface area contributed by atoms with E-state index < -0.39 is 0 Å². The molecule has 0 unspecified atom stereocenters. The van der Waals surface area contributed by atoms with E-state index in [9.17, 15) is 9.59 Å². The van der Waals surface area contributed by atoms with Crippen LogP contribution in [0.5, 0.6) is 0 Å². The van der Waals surface area contributed by atoms with Crippen LogP contribution in [0.1, 0.15) is 22.3 Å². The number of pyridine rings is 1. The summed E-state index contributed by atoms with van der Waals surface area (Å²) in [7, 11) is 0. The van der Waals surface area contributed by atoms with E-state index in [1.54, 1.807) is 11.4 Å². The summed E-state index contributed by atoms with van der Waals surface area (Å²) >= 11 is 1.46. The van der Waals surface area contributed by atoms with E-state index >= 15 is 0 Å². The van der Waals surface area contributed by atoms with Crippen molar-refractivity contribution < 1.29 is 9.59 Å². The Hall–Kier alpha value is -3.45. The lowest BCUT2D eigenvalue weighted by Crippen LogP contribution is -2.27. The summed E-state index contributed by atoms with van der Waals surface area (Å²) in [4.78, 5) is 28.7. The highest BCUT2D eigenvalue weighted by Crippen LogP contribution is 2.22. The van der Waals surface area contributed by atoms with Crippen molar-refractivity contribution in [2.45, 2.75) is 13.3 Å². The molecule has 6 nitrogen and oxygen atoms in total. The summed E-state index contributed by atoms with van der Waals surface area (Å²) in [5.41, 5.74) is 5.25. The Bertz CT molecular complexity index is 1150. The van der Waals surface area contributed by atoms with Crippen LogP contribution in [0.3, 0.4) is 0 Å². The monoisotopic (exact) mass is 404 g/mol. The molecule has 0 bridgehead atoms. The summed E-state index contributed by atoms with van der Waals surface area (Å²) in [6.45, 7) is 2.33. The van der Waals surface area contributed by atoms with E-state index in [4.69, 9.17) is 0 Å². The van der Waals surface area contributed by atoms with Gasteiger partial charge in [-0.05, 0) is 42.1 Å². The molecule has 0 saturated heterocycles. The van der Waals surface area contributed by atoms with Gasteiger partial charge in [-0.15, -0.1) is 0 Å². The zero-order valence-corrected chi connectivity index (χ0v) is 16.7. The van der Waals surface area contributed by atoms with Crippen LogP contribution in [-0.4, -0.2) is 27.7 Å². The normalized spacial score (nSPS) is 10.8. The maximum absolute atomic E-state index is 12.1. The second-order valence-electron chi connectivity index (χ2n) is 6.69. The van der Waals surface area contributed by atoms with Crippen molar-refractivity contribution in [3.8, 4) is 11.3 Å². The number of carbonyl (C=O) groups excluding carboxylic acids is 2. The Morgan fingerprint density at radius 2 is 1.97 bits per heavy atom. The highest BCUT2D eigenvalue weighted by Gasteiger charge is 2.09. The molecule has 7 heteroatoms. The number of imidazole rings is 1. The van der Waals surface area contributed by atoms with Crippen molar-refractivity contribution in [1.82, 2.24) is 14.7 Å². The molecule has 0 saturated carbocycles. The molecule has 2 amide bonds. The molecule has 0 aliphatic rings. The highest BCUT2D eigenvalue weighted by atomic mass is 32.1. The molecule has 0 atom stereocenters. The van der Waals surface area contributed by atoms with Gasteiger partial charge in [0.2, 0.25) is 5.91 Å². The van der Waals surface area contributed by atoms with Crippen molar-refractivity contribution in [3.05, 3.63) is 76.7 Å². The second kappa shape index (κ2) is 8.28. The smallest absolute Gasteiger partial charge is 0.252 e. The van der Waals surface area contributed by atoms with Gasteiger partial charge in [0.1, 0.15) is 5.65 Å². The van der Waals surface area contributed by atoms with Crippen molar-refractivity contribution >= 4 is 34.5 Å². The average Bonchev–Trinajstić information content (AvgIpc) is 3.39. The van der Waals surface area contributed by atoms with Crippen LogP contribution in [-0.2, 0) is 4.79 Å². The Morgan fingerprint density at radius 1 is 1.14 bits per heavy atom. The average molecular weight is 404 g/mol. The third kappa shape index (κ3) is 4.35. The van der Waals surface area contributed by atoms with Gasteiger partial charge in [-0.2, -0.15) is 11.3 Å². The standard InChI is InChI=1S/C22H20N4O2S/c1-15-3-2-11-26-13-19(25-21(15)26)16-4-6-18(7-5-16)24-20(27)8-10-23-22(28)17-9-12-29-14-17/h2-7,9,11-14H,8,10H2,1H3,(H,23,28)(H,24,27). The summed E-state index contributed by atoms with van der Waals surface area (Å²) in [6.07, 6.45) is 4.18. The zero-order chi connectivity index (χ0) is 20.2. The minimum absolute atomic E-state index is 0.147. The number of amides is 2. The van der Waals surface area contributed by atoms with Gasteiger partial charge in [-0.25, -0.2) is 4.98 Å². The zero-order valence-electron chi connectivity index (χ0n) is 15.9. The van der Waals surface area contributed by atoms with E-state index in [1.165, 1.54) is 11.3 Å². The number of thiophene rings is 1. The number of aromatic nitrogens is 2. The number of nitrogens with one attached hydrogen (secondary N) is 2. The van der Waals surface area contributed by atoms with Crippen LogP contribution < -0.4 is 10.6 Å². The molecule has 146 valence electrons. The lowest BCUT2D eigenvalue weighted by molar-refractivity contribution is -0.116. The summed E-state index contributed by atoms with van der Waals surface area (Å²) in [5.74, 6) is -0.308. The number of aryl methyl sites for hydroxylation is 1. The fourth-order valence-electron chi connectivity index (χ4n) is 3.03. The Morgan fingerprint density at radius 3 is 2.69 bits per heavy atom. The third-order valence-electron chi connectivity index (χ3n) is 4.56. The van der Waals surface area contributed by atoms with Gasteiger partial charge in [0.25, 0.3) is 5.91 Å². The van der Waals surface area contributed by atoms with Crippen molar-refractivity contribution in [3.63, 3.8) is 0 Å². The van der Waals surface area contributed by atoms with Crippen LogP contribution in [0.4, 0.5) is 5.69 Å². The van der Waals surface area contributed by atoms with Gasteiger partial charge < -0.3 is 15.0 Å². The maximum atomic E-state index is 12.1. The minimum atomic E-state index is -0.161. The fourth-order valence-corrected chi connectivity index (χ4v) is 3.66. The number of benzene rings is 1. The Labute approximate surface area is 172 Å². The van der Waals surface area contributed by atoms with Gasteiger partial charge in [0.05, 0.1) is 5.69 Å². The molecule has 29 heavy (non-hydrogen) atoms. The molecule has 0 radical (unpaired) electrons. The summed E-state index contributed by atoms with van der Waals surface area (Å²) in [6, 6.07) is 13.4. The molecule has 4 aromatic rings. The number of nitrogens with zero attached hydrogens (tertiary/aromatic N) is 2. The van der Waals surface area contributed by atoms with Gasteiger partial charge in [0, 0.05) is 47.6 Å². The first-order valence-electron chi connectivity index (χ1n) is 9.25. The van der Waals surface area contributed by atoms with Gasteiger partial charge >= 0.3 is 0 Å². The summed E-state index contributed by atoms with van der Waals surface area (Å²) < 4.78 is 2.00. The Balaban J connectivity index is 1.33. The SMILES string of the molecule is Cc1cccn2cc(-c3ccc(NC(=O)CCNC(=O)c4ccsc4)cc3)nc12. The van der Waals surface area contributed by atoms with E-state index in [0.29, 0.717) is 17.8 Å². The van der Waals surface area contributed by atoms with Crippen LogP contribution in [0.15, 0.2) is 65.6 Å². The first-order chi connectivity index (χ1) is 14.1. The highest BCUT2D eigenvalue weighted by molar-refractivity contribution is 7.08. The topological polar surface area (TPSA) is 75.5 Å². The number of anilines is 1. The number of carbonyl (C=O) groups is 2. The van der Waals surface area contributed by atoms with Crippen LogP contribution >= 0.6 is 11.3 Å². The van der Waals surface area contributed by atoms with Crippen LogP contribution in [0.2, 0.25) is 0 Å². The van der Waals surface area contributed by atoms with E-state index in [2.05, 4.69) is 15.6 Å². The number of fused-ring (bicyclic) bond motifs is 1. The largest absolute Gasteiger partial charge is 0.351 e.